The van der Waals surface area contributed by atoms with Crippen molar-refractivity contribution >= 4 is 11.8 Å². The van der Waals surface area contributed by atoms with Crippen LogP contribution in [0.15, 0.2) is 0 Å². The molecule has 0 spiro atoms. The molecule has 1 unspecified atom stereocenters. The molecule has 0 aromatic carbocycles. The minimum absolute atomic E-state index is 0.129. The summed E-state index contributed by atoms with van der Waals surface area (Å²) in [6.45, 7) is 9.29. The summed E-state index contributed by atoms with van der Waals surface area (Å²) in [4.78, 5) is 25.9. The first-order valence-corrected chi connectivity index (χ1v) is 20.2. The molecule has 44 heavy (non-hydrogen) atoms. The number of rotatable bonds is 36. The van der Waals surface area contributed by atoms with E-state index in [1.807, 2.05) is 0 Å². The highest BCUT2D eigenvalue weighted by Gasteiger charge is 2.27. The van der Waals surface area contributed by atoms with Crippen molar-refractivity contribution in [3.63, 3.8) is 0 Å². The van der Waals surface area contributed by atoms with Crippen molar-refractivity contribution in [1.82, 2.24) is 0 Å². The van der Waals surface area contributed by atoms with Gasteiger partial charge in [-0.2, -0.15) is 0 Å². The fraction of sp³-hybridized carbons (Fsp3) is 0.951. The third kappa shape index (κ3) is 31.1. The highest BCUT2D eigenvalue weighted by molar-refractivity contribution is 5.98. The highest BCUT2D eigenvalue weighted by atomic mass is 16.5. The average molecular weight is 621 g/mol. The lowest BCUT2D eigenvalue weighted by Gasteiger charge is -2.16. The molecular weight excluding hydrogens is 540 g/mol. The summed E-state index contributed by atoms with van der Waals surface area (Å²) in [5.41, 5.74) is 0. The Hall–Kier alpha value is -0.860. The Kier molecular flexibility index (Phi) is 34.3. The van der Waals surface area contributed by atoms with Gasteiger partial charge < -0.3 is 4.74 Å². The Labute approximate surface area is 277 Å². The van der Waals surface area contributed by atoms with Crippen molar-refractivity contribution in [2.75, 3.05) is 6.61 Å². The van der Waals surface area contributed by atoms with Crippen LogP contribution in [0.2, 0.25) is 0 Å². The predicted octanol–water partition coefficient (Wildman–Crippen LogP) is 13.9. The lowest BCUT2D eigenvalue weighted by atomic mass is 9.92. The minimum Gasteiger partial charge on any atom is -0.465 e. The number of ether oxygens (including phenoxy) is 1. The molecule has 0 N–H and O–H groups in total. The second-order valence-electron chi connectivity index (χ2n) is 14.5. The smallest absolute Gasteiger partial charge is 0.316 e. The van der Waals surface area contributed by atoms with Crippen LogP contribution >= 0.6 is 0 Å². The van der Waals surface area contributed by atoms with Gasteiger partial charge in [0.1, 0.15) is 11.7 Å². The quantitative estimate of drug-likeness (QED) is 0.0397. The summed E-state index contributed by atoms with van der Waals surface area (Å²) in [6, 6.07) is 0. The maximum atomic E-state index is 13.1. The number of hydrogen-bond donors (Lipinski definition) is 0. The van der Waals surface area contributed by atoms with Crippen LogP contribution in [0.4, 0.5) is 0 Å². The lowest BCUT2D eigenvalue weighted by Crippen LogP contribution is -2.27. The lowest BCUT2D eigenvalue weighted by molar-refractivity contribution is -0.152. The van der Waals surface area contributed by atoms with E-state index in [4.69, 9.17) is 4.74 Å². The number of carbonyl (C=O) groups excluding carboxylic acids is 2. The van der Waals surface area contributed by atoms with Crippen LogP contribution < -0.4 is 0 Å². The Morgan fingerprint density at radius 3 is 1.09 bits per heavy atom. The van der Waals surface area contributed by atoms with Gasteiger partial charge in [-0.1, -0.05) is 207 Å². The molecule has 0 amide bonds. The molecule has 0 aliphatic carbocycles. The van der Waals surface area contributed by atoms with Gasteiger partial charge in [-0.05, 0) is 25.2 Å². The van der Waals surface area contributed by atoms with E-state index in [0.29, 0.717) is 25.4 Å². The third-order valence-corrected chi connectivity index (χ3v) is 9.49. The standard InChI is InChI=1S/C41H80O3/c1-5-7-9-11-13-15-17-19-21-23-25-27-29-31-33-35-40(42)39(41(43)44-37-36-38(3)4)34-32-30-28-26-24-22-20-18-16-14-12-10-8-6-2/h38-39H,5-37H2,1-4H3. The molecule has 0 saturated heterocycles. The van der Waals surface area contributed by atoms with Gasteiger partial charge in [0, 0.05) is 6.42 Å². The van der Waals surface area contributed by atoms with Gasteiger partial charge in [-0.15, -0.1) is 0 Å². The van der Waals surface area contributed by atoms with E-state index in [1.165, 1.54) is 161 Å². The van der Waals surface area contributed by atoms with E-state index in [0.717, 1.165) is 32.1 Å². The molecular formula is C41H80O3. The molecule has 1 atom stereocenters. The van der Waals surface area contributed by atoms with Crippen molar-refractivity contribution in [3.8, 4) is 0 Å². The molecule has 0 aliphatic rings. The normalized spacial score (nSPS) is 12.2. The monoisotopic (exact) mass is 621 g/mol. The summed E-state index contributed by atoms with van der Waals surface area (Å²) < 4.78 is 5.57. The summed E-state index contributed by atoms with van der Waals surface area (Å²) in [7, 11) is 0. The van der Waals surface area contributed by atoms with Gasteiger partial charge in [0.25, 0.3) is 0 Å². The molecule has 0 rings (SSSR count). The SMILES string of the molecule is CCCCCCCCCCCCCCCCCC(=O)C(CCCCCCCCCCCCCCCC)C(=O)OCCC(C)C. The van der Waals surface area contributed by atoms with Crippen LogP contribution in [0.3, 0.4) is 0 Å². The number of carbonyl (C=O) groups is 2. The molecule has 0 aromatic heterocycles. The second-order valence-corrected chi connectivity index (χ2v) is 14.5. The zero-order chi connectivity index (χ0) is 32.4. The number of Topliss-reactive ketones (excluding diaryl/α,β-unsaturated/α-hetero) is 1. The largest absolute Gasteiger partial charge is 0.465 e. The second kappa shape index (κ2) is 35.0. The average Bonchev–Trinajstić information content (AvgIpc) is 3.00. The summed E-state index contributed by atoms with van der Waals surface area (Å²) in [5.74, 6) is -0.163. The molecule has 0 aromatic rings. The Balaban J connectivity index is 3.99. The van der Waals surface area contributed by atoms with Gasteiger partial charge >= 0.3 is 5.97 Å². The summed E-state index contributed by atoms with van der Waals surface area (Å²) in [5, 5.41) is 0. The van der Waals surface area contributed by atoms with Crippen molar-refractivity contribution in [2.24, 2.45) is 11.8 Å². The Bertz CT molecular complexity index is 599. The summed E-state index contributed by atoms with van der Waals surface area (Å²) in [6.07, 6.45) is 40.4. The molecule has 0 heterocycles. The highest BCUT2D eigenvalue weighted by Crippen LogP contribution is 2.20. The van der Waals surface area contributed by atoms with Gasteiger partial charge in [-0.25, -0.2) is 0 Å². The van der Waals surface area contributed by atoms with E-state index in [1.54, 1.807) is 0 Å². The van der Waals surface area contributed by atoms with Gasteiger partial charge in [0.2, 0.25) is 0 Å². The molecule has 3 heteroatoms. The Morgan fingerprint density at radius 1 is 0.432 bits per heavy atom. The minimum atomic E-state index is -0.536. The summed E-state index contributed by atoms with van der Waals surface area (Å²) >= 11 is 0. The van der Waals surface area contributed by atoms with Gasteiger partial charge in [0.05, 0.1) is 6.61 Å². The zero-order valence-electron chi connectivity index (χ0n) is 30.7. The number of ketones is 1. The number of unbranched alkanes of at least 4 members (excludes halogenated alkanes) is 27. The first kappa shape index (κ1) is 43.1. The molecule has 0 bridgehead atoms. The fourth-order valence-electron chi connectivity index (χ4n) is 6.29. The van der Waals surface area contributed by atoms with Crippen LogP contribution in [0.5, 0.6) is 0 Å². The van der Waals surface area contributed by atoms with Crippen molar-refractivity contribution in [1.29, 1.82) is 0 Å². The molecule has 0 radical (unpaired) electrons. The van der Waals surface area contributed by atoms with Crippen LogP contribution in [-0.4, -0.2) is 18.4 Å². The van der Waals surface area contributed by atoms with Gasteiger partial charge in [0.15, 0.2) is 0 Å². The molecule has 0 fully saturated rings. The van der Waals surface area contributed by atoms with Crippen LogP contribution in [0.25, 0.3) is 0 Å². The molecule has 0 aliphatic heterocycles. The fourth-order valence-corrected chi connectivity index (χ4v) is 6.29. The van der Waals surface area contributed by atoms with E-state index in [-0.39, 0.29) is 11.8 Å². The van der Waals surface area contributed by atoms with Gasteiger partial charge in [-0.3, -0.25) is 9.59 Å². The van der Waals surface area contributed by atoms with Crippen LogP contribution in [0, 0.1) is 11.8 Å². The maximum absolute atomic E-state index is 13.1. The van der Waals surface area contributed by atoms with Crippen molar-refractivity contribution in [2.45, 2.75) is 233 Å². The third-order valence-electron chi connectivity index (χ3n) is 9.49. The maximum Gasteiger partial charge on any atom is 0.316 e. The van der Waals surface area contributed by atoms with E-state index < -0.39 is 5.92 Å². The van der Waals surface area contributed by atoms with Crippen LogP contribution in [-0.2, 0) is 14.3 Å². The van der Waals surface area contributed by atoms with E-state index in [2.05, 4.69) is 27.7 Å². The molecule has 3 nitrogen and oxygen atoms in total. The predicted molar refractivity (Wildman–Crippen MR) is 193 cm³/mol. The first-order chi connectivity index (χ1) is 21.5. The van der Waals surface area contributed by atoms with E-state index >= 15 is 0 Å². The molecule has 0 saturated carbocycles. The van der Waals surface area contributed by atoms with E-state index in [9.17, 15) is 9.59 Å². The van der Waals surface area contributed by atoms with Crippen molar-refractivity contribution in [3.05, 3.63) is 0 Å². The van der Waals surface area contributed by atoms with Crippen LogP contribution in [0.1, 0.15) is 233 Å². The number of esters is 1. The Morgan fingerprint density at radius 2 is 0.750 bits per heavy atom. The van der Waals surface area contributed by atoms with Crippen molar-refractivity contribution < 1.29 is 14.3 Å². The topological polar surface area (TPSA) is 43.4 Å². The zero-order valence-corrected chi connectivity index (χ0v) is 30.7. The molecule has 262 valence electrons. The first-order valence-electron chi connectivity index (χ1n) is 20.2. The number of hydrogen-bond acceptors (Lipinski definition) is 3.